The number of hydrogen-bond acceptors (Lipinski definition) is 3. The second kappa shape index (κ2) is 6.44. The first kappa shape index (κ1) is 13.8. The number of carbonyl (C=O) groups is 1. The minimum Gasteiger partial charge on any atom is -0.354 e. The minimum absolute atomic E-state index is 0.112. The molecule has 0 bridgehead atoms. The van der Waals surface area contributed by atoms with E-state index in [9.17, 15) is 4.79 Å². The second-order valence-corrected chi connectivity index (χ2v) is 4.60. The molecule has 0 radical (unpaired) electrons. The van der Waals surface area contributed by atoms with Gasteiger partial charge in [0.1, 0.15) is 0 Å². The summed E-state index contributed by atoms with van der Waals surface area (Å²) >= 11 is 0. The summed E-state index contributed by atoms with van der Waals surface area (Å²) in [4.78, 5) is 21.8. The number of guanidine groups is 1. The second-order valence-electron chi connectivity index (χ2n) is 4.60. The fourth-order valence-corrected chi connectivity index (χ4v) is 1.86. The van der Waals surface area contributed by atoms with E-state index in [1.165, 1.54) is 0 Å². The Morgan fingerprint density at radius 1 is 1.35 bits per heavy atom. The molecule has 0 saturated carbocycles. The van der Waals surface area contributed by atoms with Gasteiger partial charge < -0.3 is 15.1 Å². The number of piperazine rings is 1. The lowest BCUT2D eigenvalue weighted by Crippen LogP contribution is -2.48. The maximum Gasteiger partial charge on any atom is 0.234 e. The molecule has 1 saturated heterocycles. The van der Waals surface area contributed by atoms with E-state index in [1.807, 2.05) is 38.0 Å². The quantitative estimate of drug-likeness (QED) is 0.503. The highest BCUT2D eigenvalue weighted by atomic mass is 16.2. The molecule has 1 fully saturated rings. The lowest BCUT2D eigenvalue weighted by molar-refractivity contribution is -0.124. The molecule has 1 N–H and O–H groups in total. The number of hydrogen-bond donors (Lipinski definition) is 1. The SMILES string of the molecule is CN(C)C(=NCCN1CCNC(=O)C1)N(C)C. The van der Waals surface area contributed by atoms with Gasteiger partial charge in [0, 0.05) is 47.8 Å². The number of aliphatic imine (C=N–C) groups is 1. The van der Waals surface area contributed by atoms with Gasteiger partial charge in [-0.2, -0.15) is 0 Å². The Hall–Kier alpha value is -1.30. The number of rotatable bonds is 3. The van der Waals surface area contributed by atoms with Crippen molar-refractivity contribution >= 4 is 11.9 Å². The Labute approximate surface area is 103 Å². The normalized spacial score (nSPS) is 16.4. The zero-order chi connectivity index (χ0) is 12.8. The van der Waals surface area contributed by atoms with Gasteiger partial charge in [-0.15, -0.1) is 0 Å². The maximum atomic E-state index is 11.2. The molecule has 0 aromatic carbocycles. The lowest BCUT2D eigenvalue weighted by Gasteiger charge is -2.26. The van der Waals surface area contributed by atoms with E-state index in [1.54, 1.807) is 0 Å². The summed E-state index contributed by atoms with van der Waals surface area (Å²) in [6.45, 7) is 3.71. The van der Waals surface area contributed by atoms with Gasteiger partial charge in [0.25, 0.3) is 0 Å². The summed E-state index contributed by atoms with van der Waals surface area (Å²) in [6, 6.07) is 0. The van der Waals surface area contributed by atoms with Crippen molar-refractivity contribution in [3.63, 3.8) is 0 Å². The largest absolute Gasteiger partial charge is 0.354 e. The number of nitrogens with zero attached hydrogens (tertiary/aromatic N) is 4. The third-order valence-corrected chi connectivity index (χ3v) is 2.59. The molecule has 0 unspecified atom stereocenters. The van der Waals surface area contributed by atoms with Crippen LogP contribution in [0.1, 0.15) is 0 Å². The van der Waals surface area contributed by atoms with Crippen LogP contribution in [0.2, 0.25) is 0 Å². The van der Waals surface area contributed by atoms with Gasteiger partial charge in [-0.1, -0.05) is 0 Å². The van der Waals surface area contributed by atoms with Gasteiger partial charge in [-0.25, -0.2) is 0 Å². The maximum absolute atomic E-state index is 11.2. The van der Waals surface area contributed by atoms with Gasteiger partial charge in [-0.05, 0) is 0 Å². The van der Waals surface area contributed by atoms with Crippen LogP contribution < -0.4 is 5.32 Å². The third kappa shape index (κ3) is 4.60. The molecule has 1 aliphatic heterocycles. The van der Waals surface area contributed by atoms with Crippen LogP contribution >= 0.6 is 0 Å². The van der Waals surface area contributed by atoms with Gasteiger partial charge in [0.05, 0.1) is 13.1 Å². The first-order valence-electron chi connectivity index (χ1n) is 5.89. The third-order valence-electron chi connectivity index (χ3n) is 2.59. The molecule has 0 aromatic heterocycles. The Balaban J connectivity index is 2.39. The minimum atomic E-state index is 0.112. The molecule has 1 rings (SSSR count). The van der Waals surface area contributed by atoms with Crippen molar-refractivity contribution in [3.05, 3.63) is 0 Å². The Morgan fingerprint density at radius 3 is 2.53 bits per heavy atom. The molecule has 6 nitrogen and oxygen atoms in total. The number of carbonyl (C=O) groups excluding carboxylic acids is 1. The summed E-state index contributed by atoms with van der Waals surface area (Å²) < 4.78 is 0. The van der Waals surface area contributed by atoms with Crippen LogP contribution in [0.15, 0.2) is 4.99 Å². The van der Waals surface area contributed by atoms with Crippen LogP contribution in [0.4, 0.5) is 0 Å². The van der Waals surface area contributed by atoms with Crippen LogP contribution in [0.5, 0.6) is 0 Å². The van der Waals surface area contributed by atoms with E-state index < -0.39 is 0 Å². The molecule has 98 valence electrons. The first-order chi connectivity index (χ1) is 8.00. The fraction of sp³-hybridized carbons (Fsp3) is 0.818. The van der Waals surface area contributed by atoms with E-state index in [2.05, 4.69) is 15.2 Å². The molecule has 1 amide bonds. The van der Waals surface area contributed by atoms with Gasteiger partial charge in [0.15, 0.2) is 5.96 Å². The average Bonchev–Trinajstić information content (AvgIpc) is 2.23. The molecular formula is C11H23N5O. The molecule has 6 heteroatoms. The predicted molar refractivity (Wildman–Crippen MR) is 69.1 cm³/mol. The highest BCUT2D eigenvalue weighted by Crippen LogP contribution is 1.94. The van der Waals surface area contributed by atoms with Gasteiger partial charge in [-0.3, -0.25) is 14.7 Å². The van der Waals surface area contributed by atoms with Gasteiger partial charge >= 0.3 is 0 Å². The van der Waals surface area contributed by atoms with E-state index >= 15 is 0 Å². The molecule has 1 heterocycles. The number of nitrogens with one attached hydrogen (secondary N) is 1. The lowest BCUT2D eigenvalue weighted by atomic mass is 10.3. The Bertz CT molecular complexity index is 278. The van der Waals surface area contributed by atoms with E-state index in [4.69, 9.17) is 0 Å². The molecular weight excluding hydrogens is 218 g/mol. The highest BCUT2D eigenvalue weighted by Gasteiger charge is 2.15. The summed E-state index contributed by atoms with van der Waals surface area (Å²) in [7, 11) is 7.92. The summed E-state index contributed by atoms with van der Waals surface area (Å²) in [5.41, 5.74) is 0. The zero-order valence-electron chi connectivity index (χ0n) is 11.2. The molecule has 0 aromatic rings. The van der Waals surface area contributed by atoms with E-state index in [0.717, 1.165) is 32.1 Å². The molecule has 17 heavy (non-hydrogen) atoms. The standard InChI is InChI=1S/C11H23N5O/c1-14(2)11(15(3)4)13-6-8-16-7-5-12-10(17)9-16/h5-9H2,1-4H3,(H,12,17). The first-order valence-corrected chi connectivity index (χ1v) is 5.89. The smallest absolute Gasteiger partial charge is 0.234 e. The van der Waals surface area contributed by atoms with Crippen LogP contribution in [0.25, 0.3) is 0 Å². The van der Waals surface area contributed by atoms with Gasteiger partial charge in [0.2, 0.25) is 5.91 Å². The Kier molecular flexibility index (Phi) is 5.21. The van der Waals surface area contributed by atoms with Crippen LogP contribution in [-0.2, 0) is 4.79 Å². The van der Waals surface area contributed by atoms with E-state index in [-0.39, 0.29) is 5.91 Å². The van der Waals surface area contributed by atoms with Crippen molar-refractivity contribution < 1.29 is 4.79 Å². The molecule has 0 atom stereocenters. The van der Waals surface area contributed by atoms with Crippen molar-refractivity contribution in [2.24, 2.45) is 4.99 Å². The predicted octanol–water partition coefficient (Wildman–Crippen LogP) is -1.10. The monoisotopic (exact) mass is 241 g/mol. The highest BCUT2D eigenvalue weighted by molar-refractivity contribution is 5.79. The Morgan fingerprint density at radius 2 is 2.00 bits per heavy atom. The molecule has 1 aliphatic rings. The van der Waals surface area contributed by atoms with Crippen LogP contribution in [-0.4, -0.2) is 87.5 Å². The van der Waals surface area contributed by atoms with Crippen molar-refractivity contribution in [2.45, 2.75) is 0 Å². The average molecular weight is 241 g/mol. The number of amides is 1. The summed E-state index contributed by atoms with van der Waals surface area (Å²) in [5.74, 6) is 1.06. The van der Waals surface area contributed by atoms with Crippen molar-refractivity contribution in [1.82, 2.24) is 20.0 Å². The van der Waals surface area contributed by atoms with Crippen LogP contribution in [0, 0.1) is 0 Å². The van der Waals surface area contributed by atoms with Crippen LogP contribution in [0.3, 0.4) is 0 Å². The fourth-order valence-electron chi connectivity index (χ4n) is 1.86. The molecule has 0 aliphatic carbocycles. The topological polar surface area (TPSA) is 51.2 Å². The van der Waals surface area contributed by atoms with Crippen molar-refractivity contribution in [1.29, 1.82) is 0 Å². The zero-order valence-corrected chi connectivity index (χ0v) is 11.2. The van der Waals surface area contributed by atoms with E-state index in [0.29, 0.717) is 6.54 Å². The summed E-state index contributed by atoms with van der Waals surface area (Å²) in [6.07, 6.45) is 0. The van der Waals surface area contributed by atoms with Crippen molar-refractivity contribution in [2.75, 3.05) is 60.9 Å². The summed E-state index contributed by atoms with van der Waals surface area (Å²) in [5, 5.41) is 2.81. The van der Waals surface area contributed by atoms with Crippen molar-refractivity contribution in [3.8, 4) is 0 Å². The molecule has 0 spiro atoms.